The number of hydrogen-bond donors (Lipinski definition) is 1. The normalized spacial score (nSPS) is 20.2. The average molecular weight is 511 g/mol. The monoisotopic (exact) mass is 510 g/mol. The van der Waals surface area contributed by atoms with Gasteiger partial charge in [-0.2, -0.15) is 0 Å². The molecule has 38 heavy (non-hydrogen) atoms. The second kappa shape index (κ2) is 12.3. The third kappa shape index (κ3) is 6.71. The number of amides is 1. The summed E-state index contributed by atoms with van der Waals surface area (Å²) in [7, 11) is 0. The van der Waals surface area contributed by atoms with Gasteiger partial charge in [0.2, 0.25) is 5.91 Å². The summed E-state index contributed by atoms with van der Waals surface area (Å²) in [4.78, 5) is 27.8. The molecule has 4 heteroatoms. The molecule has 0 unspecified atom stereocenters. The molecule has 0 aromatic heterocycles. The van der Waals surface area contributed by atoms with E-state index in [-0.39, 0.29) is 17.6 Å². The lowest BCUT2D eigenvalue weighted by Crippen LogP contribution is -2.39. The summed E-state index contributed by atoms with van der Waals surface area (Å²) in [6.45, 7) is 7.28. The van der Waals surface area contributed by atoms with Crippen molar-refractivity contribution in [1.82, 2.24) is 10.2 Å². The molecule has 3 aromatic carbocycles. The van der Waals surface area contributed by atoms with Crippen LogP contribution in [0, 0.1) is 11.8 Å². The van der Waals surface area contributed by atoms with E-state index in [1.165, 1.54) is 41.2 Å². The molecule has 1 fully saturated rings. The average Bonchev–Trinajstić information content (AvgIpc) is 3.14. The van der Waals surface area contributed by atoms with Crippen LogP contribution in [0.25, 0.3) is 10.8 Å². The Morgan fingerprint density at radius 3 is 2.37 bits per heavy atom. The number of fused-ring (bicyclic) bond motifs is 2. The van der Waals surface area contributed by atoms with Crippen LogP contribution in [0.2, 0.25) is 0 Å². The molecule has 1 aliphatic carbocycles. The molecule has 4 nitrogen and oxygen atoms in total. The molecule has 1 N–H and O–H groups in total. The van der Waals surface area contributed by atoms with Crippen LogP contribution in [-0.4, -0.2) is 42.3 Å². The molecule has 200 valence electrons. The highest BCUT2D eigenvalue weighted by molar-refractivity contribution is 5.97. The number of Topliss-reactive ketones (excluding diaryl/α,β-unsaturated/α-hetero) is 1. The fourth-order valence-corrected chi connectivity index (χ4v) is 6.26. The molecule has 0 bridgehead atoms. The summed E-state index contributed by atoms with van der Waals surface area (Å²) in [6.07, 6.45) is 8.39. The van der Waals surface area contributed by atoms with Crippen LogP contribution >= 0.6 is 0 Å². The Balaban J connectivity index is 1.03. The standard InChI is InChI=1S/C34H42N2O2/c1-24(2)34(38)31-12-11-28-16-19-36(20-17-30(28)23-31)18-15-25-8-13-32(14-9-25)35-33(37)22-26-7-10-27-5-3-4-6-29(27)21-26/h3-7,10-12,21,23-25,32H,8-9,13-20,22H2,1-2H3,(H,35,37). The molecule has 0 spiro atoms. The third-order valence-electron chi connectivity index (χ3n) is 8.65. The number of rotatable bonds is 8. The van der Waals surface area contributed by atoms with Gasteiger partial charge in [-0.05, 0) is 90.9 Å². The minimum Gasteiger partial charge on any atom is -0.353 e. The largest absolute Gasteiger partial charge is 0.353 e. The third-order valence-corrected chi connectivity index (χ3v) is 8.65. The van der Waals surface area contributed by atoms with Crippen LogP contribution in [0.5, 0.6) is 0 Å². The van der Waals surface area contributed by atoms with E-state index in [4.69, 9.17) is 0 Å². The van der Waals surface area contributed by atoms with Crippen LogP contribution in [0.4, 0.5) is 0 Å². The number of nitrogens with zero attached hydrogens (tertiary/aromatic N) is 1. The Bertz CT molecular complexity index is 1270. The molecule has 0 radical (unpaired) electrons. The second-order valence-corrected chi connectivity index (χ2v) is 11.8. The summed E-state index contributed by atoms with van der Waals surface area (Å²) >= 11 is 0. The van der Waals surface area contributed by atoms with E-state index in [9.17, 15) is 9.59 Å². The lowest BCUT2D eigenvalue weighted by atomic mass is 9.84. The molecule has 1 aliphatic heterocycles. The van der Waals surface area contributed by atoms with E-state index in [2.05, 4.69) is 52.7 Å². The first kappa shape index (κ1) is 26.6. The molecule has 1 amide bonds. The van der Waals surface area contributed by atoms with Crippen molar-refractivity contribution in [2.24, 2.45) is 11.8 Å². The van der Waals surface area contributed by atoms with Crippen molar-refractivity contribution in [3.05, 3.63) is 82.9 Å². The van der Waals surface area contributed by atoms with Gasteiger partial charge in [0.25, 0.3) is 0 Å². The number of benzene rings is 3. The van der Waals surface area contributed by atoms with Crippen LogP contribution in [0.3, 0.4) is 0 Å². The van der Waals surface area contributed by atoms with E-state index in [0.29, 0.717) is 12.5 Å². The highest BCUT2D eigenvalue weighted by atomic mass is 16.1. The summed E-state index contributed by atoms with van der Waals surface area (Å²) in [5.74, 6) is 1.19. The van der Waals surface area contributed by atoms with Crippen LogP contribution in [0.1, 0.15) is 73.0 Å². The maximum atomic E-state index is 12.7. The van der Waals surface area contributed by atoms with Crippen LogP contribution in [0.15, 0.2) is 60.7 Å². The van der Waals surface area contributed by atoms with Gasteiger partial charge in [0.15, 0.2) is 5.78 Å². The van der Waals surface area contributed by atoms with Crippen molar-refractivity contribution in [3.63, 3.8) is 0 Å². The van der Waals surface area contributed by atoms with Gasteiger partial charge in [0.1, 0.15) is 0 Å². The molecule has 5 rings (SSSR count). The van der Waals surface area contributed by atoms with E-state index >= 15 is 0 Å². The van der Waals surface area contributed by atoms with E-state index < -0.39 is 0 Å². The van der Waals surface area contributed by atoms with Gasteiger partial charge >= 0.3 is 0 Å². The van der Waals surface area contributed by atoms with Gasteiger partial charge in [-0.3, -0.25) is 9.59 Å². The Morgan fingerprint density at radius 2 is 1.61 bits per heavy atom. The zero-order valence-electron chi connectivity index (χ0n) is 23.0. The zero-order chi connectivity index (χ0) is 26.5. The minimum atomic E-state index is 0.0448. The molecular formula is C34H42N2O2. The van der Waals surface area contributed by atoms with Crippen molar-refractivity contribution in [3.8, 4) is 0 Å². The lowest BCUT2D eigenvalue weighted by Gasteiger charge is -2.30. The van der Waals surface area contributed by atoms with Crippen molar-refractivity contribution >= 4 is 22.5 Å². The van der Waals surface area contributed by atoms with Gasteiger partial charge in [-0.25, -0.2) is 0 Å². The first-order chi connectivity index (χ1) is 18.4. The highest BCUT2D eigenvalue weighted by Crippen LogP contribution is 2.28. The van der Waals surface area contributed by atoms with Gasteiger partial charge in [0, 0.05) is 30.6 Å². The Morgan fingerprint density at radius 1 is 0.868 bits per heavy atom. The number of nitrogens with one attached hydrogen (secondary N) is 1. The molecule has 0 saturated heterocycles. The van der Waals surface area contributed by atoms with Crippen molar-refractivity contribution in [2.45, 2.75) is 71.3 Å². The number of carbonyl (C=O) groups is 2. The quantitative estimate of drug-likeness (QED) is 0.358. The maximum absolute atomic E-state index is 12.7. The maximum Gasteiger partial charge on any atom is 0.224 e. The second-order valence-electron chi connectivity index (χ2n) is 11.8. The Labute approximate surface area is 227 Å². The van der Waals surface area contributed by atoms with Crippen molar-refractivity contribution in [2.75, 3.05) is 19.6 Å². The first-order valence-electron chi connectivity index (χ1n) is 14.6. The molecule has 1 heterocycles. The number of ketones is 1. The highest BCUT2D eigenvalue weighted by Gasteiger charge is 2.24. The van der Waals surface area contributed by atoms with Gasteiger partial charge < -0.3 is 10.2 Å². The Kier molecular flexibility index (Phi) is 8.58. The predicted octanol–water partition coefficient (Wildman–Crippen LogP) is 6.39. The minimum absolute atomic E-state index is 0.0448. The number of carbonyl (C=O) groups excluding carboxylic acids is 2. The summed E-state index contributed by atoms with van der Waals surface area (Å²) in [6, 6.07) is 21.3. The van der Waals surface area contributed by atoms with Gasteiger partial charge in [0.05, 0.1) is 6.42 Å². The lowest BCUT2D eigenvalue weighted by molar-refractivity contribution is -0.121. The zero-order valence-corrected chi connectivity index (χ0v) is 23.0. The van der Waals surface area contributed by atoms with Crippen LogP contribution in [-0.2, 0) is 24.1 Å². The van der Waals surface area contributed by atoms with Crippen molar-refractivity contribution < 1.29 is 9.59 Å². The molecule has 2 aliphatic rings. The fourth-order valence-electron chi connectivity index (χ4n) is 6.26. The van der Waals surface area contributed by atoms with Crippen LogP contribution < -0.4 is 5.32 Å². The topological polar surface area (TPSA) is 49.4 Å². The molecule has 3 aromatic rings. The summed E-state index contributed by atoms with van der Waals surface area (Å²) in [5.41, 5.74) is 4.72. The SMILES string of the molecule is CC(C)C(=O)c1ccc2c(c1)CCN(CCC1CCC(NC(=O)Cc3ccc4ccccc4c3)CC1)CC2. The van der Waals surface area contributed by atoms with E-state index in [1.807, 2.05) is 32.0 Å². The predicted molar refractivity (Wildman–Crippen MR) is 156 cm³/mol. The Hall–Kier alpha value is -2.98. The number of hydrogen-bond acceptors (Lipinski definition) is 3. The molecular weight excluding hydrogens is 468 g/mol. The van der Waals surface area contributed by atoms with E-state index in [0.717, 1.165) is 62.4 Å². The summed E-state index contributed by atoms with van der Waals surface area (Å²) in [5, 5.41) is 5.71. The summed E-state index contributed by atoms with van der Waals surface area (Å²) < 4.78 is 0. The van der Waals surface area contributed by atoms with E-state index in [1.54, 1.807) is 0 Å². The molecule has 1 saturated carbocycles. The first-order valence-corrected chi connectivity index (χ1v) is 14.6. The molecule has 0 atom stereocenters. The fraction of sp³-hybridized carbons (Fsp3) is 0.471. The van der Waals surface area contributed by atoms with Gasteiger partial charge in [-0.1, -0.05) is 68.4 Å². The van der Waals surface area contributed by atoms with Crippen molar-refractivity contribution in [1.29, 1.82) is 0 Å². The smallest absolute Gasteiger partial charge is 0.224 e. The van der Waals surface area contributed by atoms with Gasteiger partial charge in [-0.15, -0.1) is 0 Å².